The number of fused-ring (bicyclic) bond motifs is 1. The van der Waals surface area contributed by atoms with Crippen molar-refractivity contribution in [3.8, 4) is 0 Å². The van der Waals surface area contributed by atoms with Crippen LogP contribution in [0.4, 0.5) is 0 Å². The summed E-state index contributed by atoms with van der Waals surface area (Å²) in [7, 11) is 0. The van der Waals surface area contributed by atoms with Gasteiger partial charge in [0, 0.05) is 11.1 Å². The number of aryl methyl sites for hydroxylation is 2. The highest BCUT2D eigenvalue weighted by molar-refractivity contribution is 5.81. The fourth-order valence-electron chi connectivity index (χ4n) is 1.52. The molecule has 0 aromatic carbocycles. The second-order valence-corrected chi connectivity index (χ2v) is 2.87. The predicted octanol–water partition coefficient (Wildman–Crippen LogP) is 1.83. The zero-order valence-electron chi connectivity index (χ0n) is 7.26. The number of aromatic amines is 1. The lowest BCUT2D eigenvalue weighted by atomic mass is 10.1. The average molecular weight is 161 g/mol. The van der Waals surface area contributed by atoms with E-state index in [2.05, 4.69) is 22.1 Å². The molecule has 0 unspecified atom stereocenters. The van der Waals surface area contributed by atoms with E-state index in [1.165, 1.54) is 10.9 Å². The second kappa shape index (κ2) is 2.59. The highest BCUT2D eigenvalue weighted by atomic mass is 15.1. The Kier molecular flexibility index (Phi) is 1.57. The van der Waals surface area contributed by atoms with Crippen molar-refractivity contribution in [3.63, 3.8) is 0 Å². The van der Waals surface area contributed by atoms with Gasteiger partial charge in [-0.25, -0.2) is 0 Å². The molecule has 2 heterocycles. The summed E-state index contributed by atoms with van der Waals surface area (Å²) in [5.41, 5.74) is 3.42. The summed E-state index contributed by atoms with van der Waals surface area (Å²) in [6.07, 6.45) is 4.70. The largest absolute Gasteiger partial charge is 0.276 e. The maximum absolute atomic E-state index is 4.28. The third kappa shape index (κ3) is 0.897. The topological polar surface area (TPSA) is 41.6 Å². The van der Waals surface area contributed by atoms with Gasteiger partial charge in [-0.2, -0.15) is 5.10 Å². The predicted molar refractivity (Wildman–Crippen MR) is 48.0 cm³/mol. The number of H-pyrrole nitrogens is 1. The van der Waals surface area contributed by atoms with Gasteiger partial charge < -0.3 is 0 Å². The smallest absolute Gasteiger partial charge is 0.0836 e. The van der Waals surface area contributed by atoms with Crippen LogP contribution in [-0.2, 0) is 6.42 Å². The third-order valence-electron chi connectivity index (χ3n) is 2.17. The molecule has 1 N–H and O–H groups in total. The van der Waals surface area contributed by atoms with Crippen LogP contribution in [0.15, 0.2) is 12.4 Å². The van der Waals surface area contributed by atoms with Gasteiger partial charge in [0.05, 0.1) is 17.9 Å². The second-order valence-electron chi connectivity index (χ2n) is 2.87. The van der Waals surface area contributed by atoms with Crippen LogP contribution in [-0.4, -0.2) is 15.2 Å². The first-order valence-corrected chi connectivity index (χ1v) is 4.10. The molecule has 2 rings (SSSR count). The zero-order valence-corrected chi connectivity index (χ0v) is 7.26. The van der Waals surface area contributed by atoms with Crippen molar-refractivity contribution in [2.75, 3.05) is 0 Å². The van der Waals surface area contributed by atoms with Crippen LogP contribution in [0.1, 0.15) is 18.2 Å². The molecule has 0 aliphatic heterocycles. The summed E-state index contributed by atoms with van der Waals surface area (Å²) in [6.45, 7) is 4.17. The lowest BCUT2D eigenvalue weighted by Gasteiger charge is -2.01. The molecule has 0 aliphatic rings. The molecule has 0 aliphatic carbocycles. The maximum Gasteiger partial charge on any atom is 0.0836 e. The number of pyridine rings is 1. The molecular formula is C9H11N3. The first-order valence-electron chi connectivity index (χ1n) is 4.10. The summed E-state index contributed by atoms with van der Waals surface area (Å²) >= 11 is 0. The van der Waals surface area contributed by atoms with Crippen LogP contribution >= 0.6 is 0 Å². The molecule has 0 radical (unpaired) electrons. The van der Waals surface area contributed by atoms with E-state index in [-0.39, 0.29) is 0 Å². The monoisotopic (exact) mass is 161 g/mol. The first kappa shape index (κ1) is 7.28. The number of hydrogen-bond donors (Lipinski definition) is 1. The van der Waals surface area contributed by atoms with Crippen LogP contribution in [0, 0.1) is 6.92 Å². The molecule has 2 aromatic rings. The number of hydrogen-bond acceptors (Lipinski definition) is 2. The van der Waals surface area contributed by atoms with Crippen molar-refractivity contribution in [1.29, 1.82) is 0 Å². The van der Waals surface area contributed by atoms with Gasteiger partial charge in [-0.15, -0.1) is 0 Å². The van der Waals surface area contributed by atoms with Crippen molar-refractivity contribution < 1.29 is 0 Å². The Labute approximate surface area is 70.8 Å². The van der Waals surface area contributed by atoms with Gasteiger partial charge in [-0.1, -0.05) is 6.92 Å². The number of aromatic nitrogens is 3. The van der Waals surface area contributed by atoms with Crippen molar-refractivity contribution >= 4 is 10.9 Å². The fourth-order valence-corrected chi connectivity index (χ4v) is 1.52. The Morgan fingerprint density at radius 2 is 2.25 bits per heavy atom. The van der Waals surface area contributed by atoms with Crippen LogP contribution < -0.4 is 0 Å². The molecule has 0 amide bonds. The standard InChI is InChI=1S/C9H11N3/c1-3-7-6(2)10-5-9-8(7)4-11-12-9/h4-5H,3H2,1-2H3,(H,11,12). The summed E-state index contributed by atoms with van der Waals surface area (Å²) in [6, 6.07) is 0. The van der Waals surface area contributed by atoms with Gasteiger partial charge in [0.15, 0.2) is 0 Å². The van der Waals surface area contributed by atoms with E-state index in [9.17, 15) is 0 Å². The lowest BCUT2D eigenvalue weighted by Crippen LogP contribution is -1.90. The van der Waals surface area contributed by atoms with Crippen molar-refractivity contribution in [2.24, 2.45) is 0 Å². The molecule has 0 saturated heterocycles. The quantitative estimate of drug-likeness (QED) is 0.693. The highest BCUT2D eigenvalue weighted by Gasteiger charge is 2.04. The molecule has 0 spiro atoms. The number of rotatable bonds is 1. The third-order valence-corrected chi connectivity index (χ3v) is 2.17. The zero-order chi connectivity index (χ0) is 8.55. The van der Waals surface area contributed by atoms with E-state index >= 15 is 0 Å². The Hall–Kier alpha value is -1.38. The van der Waals surface area contributed by atoms with Gasteiger partial charge in [0.25, 0.3) is 0 Å². The number of nitrogens with zero attached hydrogens (tertiary/aromatic N) is 2. The minimum atomic E-state index is 1.01. The SMILES string of the molecule is CCc1c(C)ncc2[nH]ncc12. The molecule has 0 atom stereocenters. The summed E-state index contributed by atoms with van der Waals surface area (Å²) < 4.78 is 0. The lowest BCUT2D eigenvalue weighted by molar-refractivity contribution is 1.07. The van der Waals surface area contributed by atoms with Crippen molar-refractivity contribution in [3.05, 3.63) is 23.7 Å². The molecule has 3 nitrogen and oxygen atoms in total. The molecule has 0 saturated carbocycles. The molecule has 0 bridgehead atoms. The van der Waals surface area contributed by atoms with Gasteiger partial charge >= 0.3 is 0 Å². The van der Waals surface area contributed by atoms with Gasteiger partial charge in [0.2, 0.25) is 0 Å². The summed E-state index contributed by atoms with van der Waals surface area (Å²) in [5, 5.41) is 8.09. The van der Waals surface area contributed by atoms with E-state index in [0.29, 0.717) is 0 Å². The van der Waals surface area contributed by atoms with Crippen molar-refractivity contribution in [1.82, 2.24) is 15.2 Å². The molecule has 12 heavy (non-hydrogen) atoms. The van der Waals surface area contributed by atoms with Crippen LogP contribution in [0.2, 0.25) is 0 Å². The normalized spacial score (nSPS) is 10.8. The molecule has 0 fully saturated rings. The van der Waals surface area contributed by atoms with E-state index in [1.807, 2.05) is 19.3 Å². The van der Waals surface area contributed by atoms with E-state index < -0.39 is 0 Å². The van der Waals surface area contributed by atoms with Crippen molar-refractivity contribution in [2.45, 2.75) is 20.3 Å². The highest BCUT2D eigenvalue weighted by Crippen LogP contribution is 2.17. The first-order chi connectivity index (χ1) is 5.83. The maximum atomic E-state index is 4.28. The Bertz CT molecular complexity index is 403. The van der Waals surface area contributed by atoms with Gasteiger partial charge in [0.1, 0.15) is 0 Å². The minimum Gasteiger partial charge on any atom is -0.276 e. The van der Waals surface area contributed by atoms with Gasteiger partial charge in [-0.05, 0) is 18.9 Å². The Balaban J connectivity index is 2.83. The molecular weight excluding hydrogens is 150 g/mol. The Morgan fingerprint density at radius 3 is 3.00 bits per heavy atom. The van der Waals surface area contributed by atoms with Gasteiger partial charge in [-0.3, -0.25) is 10.1 Å². The van der Waals surface area contributed by atoms with Crippen LogP contribution in [0.3, 0.4) is 0 Å². The molecule has 3 heteroatoms. The van der Waals surface area contributed by atoms with Crippen LogP contribution in [0.5, 0.6) is 0 Å². The Morgan fingerprint density at radius 1 is 1.42 bits per heavy atom. The molecule has 2 aromatic heterocycles. The van der Waals surface area contributed by atoms with E-state index in [0.717, 1.165) is 17.6 Å². The summed E-state index contributed by atoms with van der Waals surface area (Å²) in [5.74, 6) is 0. The van der Waals surface area contributed by atoms with E-state index in [4.69, 9.17) is 0 Å². The average Bonchev–Trinajstić information content (AvgIpc) is 2.52. The number of nitrogens with one attached hydrogen (secondary N) is 1. The minimum absolute atomic E-state index is 1.01. The summed E-state index contributed by atoms with van der Waals surface area (Å²) in [4.78, 5) is 4.28. The van der Waals surface area contributed by atoms with E-state index in [1.54, 1.807) is 0 Å². The molecule has 62 valence electrons. The fraction of sp³-hybridized carbons (Fsp3) is 0.333. The van der Waals surface area contributed by atoms with Crippen LogP contribution in [0.25, 0.3) is 10.9 Å².